The Kier molecular flexibility index (Phi) is 6.00. The van der Waals surface area contributed by atoms with E-state index in [1.807, 2.05) is 17.0 Å². The van der Waals surface area contributed by atoms with E-state index in [0.717, 1.165) is 13.1 Å². The van der Waals surface area contributed by atoms with E-state index >= 15 is 0 Å². The zero-order chi connectivity index (χ0) is 20.1. The van der Waals surface area contributed by atoms with Gasteiger partial charge in [0.05, 0.1) is 11.8 Å². The highest BCUT2D eigenvalue weighted by Gasteiger charge is 2.23. The van der Waals surface area contributed by atoms with Crippen LogP contribution in [0.1, 0.15) is 21.5 Å². The molecule has 0 spiro atoms. The van der Waals surface area contributed by atoms with Crippen molar-refractivity contribution in [1.82, 2.24) is 4.90 Å². The second-order valence-electron chi connectivity index (χ2n) is 6.95. The molecule has 146 valence electrons. The third-order valence-electron chi connectivity index (χ3n) is 4.89. The summed E-state index contributed by atoms with van der Waals surface area (Å²) in [7, 11) is -3.44. The van der Waals surface area contributed by atoms with E-state index in [4.69, 9.17) is 5.26 Å². The van der Waals surface area contributed by atoms with Crippen molar-refractivity contribution in [3.05, 3.63) is 65.2 Å². The SMILES string of the molecule is Cc1ccccc1N1CCN(C(=O)c2ccc(CS(=O)(=O)CC#N)cc2)CC1. The topological polar surface area (TPSA) is 81.5 Å². The van der Waals surface area contributed by atoms with Crippen molar-refractivity contribution in [3.8, 4) is 6.07 Å². The number of hydrogen-bond acceptors (Lipinski definition) is 5. The first-order valence-corrected chi connectivity index (χ1v) is 11.0. The fourth-order valence-corrected chi connectivity index (χ4v) is 4.40. The van der Waals surface area contributed by atoms with Crippen molar-refractivity contribution in [2.24, 2.45) is 0 Å². The van der Waals surface area contributed by atoms with Gasteiger partial charge in [-0.3, -0.25) is 4.79 Å². The number of para-hydroxylation sites is 1. The number of amides is 1. The number of piperazine rings is 1. The number of carbonyl (C=O) groups excluding carboxylic acids is 1. The monoisotopic (exact) mass is 397 g/mol. The van der Waals surface area contributed by atoms with E-state index in [0.29, 0.717) is 24.2 Å². The molecule has 28 heavy (non-hydrogen) atoms. The molecule has 2 aromatic carbocycles. The number of hydrogen-bond donors (Lipinski definition) is 0. The van der Waals surface area contributed by atoms with E-state index < -0.39 is 15.6 Å². The molecule has 1 fully saturated rings. The summed E-state index contributed by atoms with van der Waals surface area (Å²) < 4.78 is 23.5. The van der Waals surface area contributed by atoms with Crippen LogP contribution in [0.5, 0.6) is 0 Å². The van der Waals surface area contributed by atoms with Crippen LogP contribution in [0.25, 0.3) is 0 Å². The number of sulfone groups is 1. The summed E-state index contributed by atoms with van der Waals surface area (Å²) in [6.45, 7) is 4.93. The Balaban J connectivity index is 1.61. The van der Waals surface area contributed by atoms with Crippen molar-refractivity contribution in [1.29, 1.82) is 5.26 Å². The van der Waals surface area contributed by atoms with E-state index in [-0.39, 0.29) is 11.7 Å². The highest BCUT2D eigenvalue weighted by molar-refractivity contribution is 7.90. The summed E-state index contributed by atoms with van der Waals surface area (Å²) in [6, 6.07) is 16.5. The number of anilines is 1. The summed E-state index contributed by atoms with van der Waals surface area (Å²) in [5.74, 6) is -0.737. The molecule has 0 aromatic heterocycles. The van der Waals surface area contributed by atoms with Crippen LogP contribution in [-0.2, 0) is 15.6 Å². The van der Waals surface area contributed by atoms with E-state index in [1.54, 1.807) is 30.3 Å². The van der Waals surface area contributed by atoms with Gasteiger partial charge in [0.25, 0.3) is 5.91 Å². The summed E-state index contributed by atoms with van der Waals surface area (Å²) >= 11 is 0. The normalized spacial score (nSPS) is 14.6. The Morgan fingerprint density at radius 3 is 2.29 bits per heavy atom. The van der Waals surface area contributed by atoms with Gasteiger partial charge in [-0.2, -0.15) is 5.26 Å². The Morgan fingerprint density at radius 2 is 1.68 bits per heavy atom. The minimum atomic E-state index is -3.44. The van der Waals surface area contributed by atoms with Crippen LogP contribution in [0.3, 0.4) is 0 Å². The quantitative estimate of drug-likeness (QED) is 0.774. The molecule has 1 aliphatic heterocycles. The minimum absolute atomic E-state index is 0.0455. The number of carbonyl (C=O) groups is 1. The molecule has 0 bridgehead atoms. The standard InChI is InChI=1S/C21H23N3O3S/c1-17-4-2-3-5-20(17)23-11-13-24(14-12-23)21(25)19-8-6-18(7-9-19)16-28(26,27)15-10-22/h2-9H,11-16H2,1H3. The van der Waals surface area contributed by atoms with Gasteiger partial charge in [-0.25, -0.2) is 8.42 Å². The van der Waals surface area contributed by atoms with Gasteiger partial charge >= 0.3 is 0 Å². The van der Waals surface area contributed by atoms with Gasteiger partial charge in [0, 0.05) is 37.4 Å². The first-order valence-electron chi connectivity index (χ1n) is 9.16. The average Bonchev–Trinajstić information content (AvgIpc) is 2.68. The van der Waals surface area contributed by atoms with Crippen molar-refractivity contribution in [2.75, 3.05) is 36.8 Å². The first-order chi connectivity index (χ1) is 13.4. The lowest BCUT2D eigenvalue weighted by molar-refractivity contribution is 0.0747. The lowest BCUT2D eigenvalue weighted by atomic mass is 10.1. The highest BCUT2D eigenvalue weighted by atomic mass is 32.2. The van der Waals surface area contributed by atoms with Gasteiger partial charge in [-0.05, 0) is 36.2 Å². The van der Waals surface area contributed by atoms with Gasteiger partial charge in [0.1, 0.15) is 5.75 Å². The van der Waals surface area contributed by atoms with Gasteiger partial charge < -0.3 is 9.80 Å². The number of aryl methyl sites for hydroxylation is 1. The number of rotatable bonds is 5. The third kappa shape index (κ3) is 4.70. The van der Waals surface area contributed by atoms with Crippen LogP contribution in [0.2, 0.25) is 0 Å². The fraction of sp³-hybridized carbons (Fsp3) is 0.333. The van der Waals surface area contributed by atoms with Gasteiger partial charge in [-0.15, -0.1) is 0 Å². The first kappa shape index (κ1) is 19.9. The molecule has 0 aliphatic carbocycles. The second kappa shape index (κ2) is 8.44. The predicted molar refractivity (Wildman–Crippen MR) is 109 cm³/mol. The van der Waals surface area contributed by atoms with Crippen LogP contribution < -0.4 is 4.90 Å². The fourth-order valence-electron chi connectivity index (χ4n) is 3.40. The summed E-state index contributed by atoms with van der Waals surface area (Å²) in [5, 5.41) is 8.56. The van der Waals surface area contributed by atoms with Gasteiger partial charge in [0.15, 0.2) is 9.84 Å². The van der Waals surface area contributed by atoms with Crippen molar-refractivity contribution in [3.63, 3.8) is 0 Å². The van der Waals surface area contributed by atoms with E-state index in [1.165, 1.54) is 11.3 Å². The average molecular weight is 398 g/mol. The largest absolute Gasteiger partial charge is 0.368 e. The van der Waals surface area contributed by atoms with Crippen LogP contribution in [0.4, 0.5) is 5.69 Å². The van der Waals surface area contributed by atoms with Crippen LogP contribution in [-0.4, -0.2) is 51.2 Å². The predicted octanol–water partition coefficient (Wildman–Crippen LogP) is 2.40. The van der Waals surface area contributed by atoms with Gasteiger partial charge in [0.2, 0.25) is 0 Å². The zero-order valence-electron chi connectivity index (χ0n) is 15.8. The number of nitrogens with zero attached hydrogens (tertiary/aromatic N) is 3. The molecule has 0 radical (unpaired) electrons. The number of nitriles is 1. The maximum atomic E-state index is 12.8. The van der Waals surface area contributed by atoms with Gasteiger partial charge in [-0.1, -0.05) is 30.3 Å². The van der Waals surface area contributed by atoms with Crippen molar-refractivity contribution >= 4 is 21.4 Å². The maximum Gasteiger partial charge on any atom is 0.253 e. The molecular formula is C21H23N3O3S. The minimum Gasteiger partial charge on any atom is -0.368 e. The zero-order valence-corrected chi connectivity index (χ0v) is 16.7. The van der Waals surface area contributed by atoms with Crippen LogP contribution in [0, 0.1) is 18.3 Å². The summed E-state index contributed by atoms with van der Waals surface area (Å²) in [5.41, 5.74) is 3.56. The molecular weight excluding hydrogens is 374 g/mol. The summed E-state index contributed by atoms with van der Waals surface area (Å²) in [4.78, 5) is 16.9. The Bertz CT molecular complexity index is 986. The molecule has 3 rings (SSSR count). The lowest BCUT2D eigenvalue weighted by Gasteiger charge is -2.36. The molecule has 7 heteroatoms. The van der Waals surface area contributed by atoms with E-state index in [9.17, 15) is 13.2 Å². The van der Waals surface area contributed by atoms with E-state index in [2.05, 4.69) is 24.0 Å². The molecule has 2 aromatic rings. The molecule has 0 atom stereocenters. The van der Waals surface area contributed by atoms with Crippen LogP contribution in [0.15, 0.2) is 48.5 Å². The molecule has 1 amide bonds. The Morgan fingerprint density at radius 1 is 1.04 bits per heavy atom. The van der Waals surface area contributed by atoms with Crippen LogP contribution >= 0.6 is 0 Å². The number of benzene rings is 2. The molecule has 1 heterocycles. The molecule has 0 saturated carbocycles. The molecule has 6 nitrogen and oxygen atoms in total. The smallest absolute Gasteiger partial charge is 0.253 e. The molecule has 1 aliphatic rings. The Labute approximate surface area is 165 Å². The maximum absolute atomic E-state index is 12.8. The second-order valence-corrected chi connectivity index (χ2v) is 9.02. The summed E-state index contributed by atoms with van der Waals surface area (Å²) in [6.07, 6.45) is 0. The van der Waals surface area contributed by atoms with Crippen molar-refractivity contribution in [2.45, 2.75) is 12.7 Å². The highest BCUT2D eigenvalue weighted by Crippen LogP contribution is 2.21. The lowest BCUT2D eigenvalue weighted by Crippen LogP contribution is -2.49. The van der Waals surface area contributed by atoms with Crippen molar-refractivity contribution < 1.29 is 13.2 Å². The molecule has 0 unspecified atom stereocenters. The molecule has 0 N–H and O–H groups in total. The third-order valence-corrected chi connectivity index (χ3v) is 6.24. The Hall–Kier alpha value is -2.85. The molecule has 1 saturated heterocycles.